The zero-order chi connectivity index (χ0) is 15.7. The van der Waals surface area contributed by atoms with Crippen LogP contribution in [0.3, 0.4) is 0 Å². The van der Waals surface area contributed by atoms with E-state index in [1.54, 1.807) is 5.32 Å². The molecule has 0 fully saturated rings. The Bertz CT molecular complexity index is 706. The van der Waals surface area contributed by atoms with Gasteiger partial charge in [-0.05, 0) is 12.1 Å². The molecule has 0 aliphatic rings. The van der Waals surface area contributed by atoms with E-state index < -0.39 is 40.7 Å². The Balaban J connectivity index is 2.43. The van der Waals surface area contributed by atoms with Gasteiger partial charge in [0.1, 0.15) is 17.2 Å². The van der Waals surface area contributed by atoms with E-state index >= 15 is 0 Å². The van der Waals surface area contributed by atoms with Crippen LogP contribution in [-0.2, 0) is 0 Å². The minimum Gasteiger partial charge on any atom is -0.384 e. The van der Waals surface area contributed by atoms with Gasteiger partial charge in [-0.25, -0.2) is 26.9 Å². The molecule has 21 heavy (non-hydrogen) atoms. The molecular weight excluding hydrogens is 297 g/mol. The van der Waals surface area contributed by atoms with Gasteiger partial charge < -0.3 is 11.1 Å². The summed E-state index contributed by atoms with van der Waals surface area (Å²) in [4.78, 5) is 15.2. The van der Waals surface area contributed by atoms with Crippen LogP contribution in [0.25, 0.3) is 0 Å². The number of nitrogen functional groups attached to an aromatic ring is 1. The van der Waals surface area contributed by atoms with Gasteiger partial charge in [-0.1, -0.05) is 6.07 Å². The van der Waals surface area contributed by atoms with Crippen LogP contribution in [0.5, 0.6) is 0 Å². The molecule has 0 saturated heterocycles. The molecule has 0 aliphatic carbocycles. The third kappa shape index (κ3) is 2.62. The molecule has 1 aromatic carbocycles. The number of amides is 1. The molecule has 2 rings (SSSR count). The number of benzene rings is 1. The highest BCUT2D eigenvalue weighted by atomic mass is 19.2. The first-order valence-electron chi connectivity index (χ1n) is 5.38. The van der Waals surface area contributed by atoms with E-state index in [0.717, 1.165) is 6.07 Å². The number of halogens is 5. The molecule has 1 aromatic heterocycles. The molecule has 0 radical (unpaired) electrons. The summed E-state index contributed by atoms with van der Waals surface area (Å²) in [6, 6.07) is 3.82. The molecule has 2 aromatic rings. The predicted molar refractivity (Wildman–Crippen MR) is 62.8 cm³/mol. The normalized spacial score (nSPS) is 10.5. The zero-order valence-corrected chi connectivity index (χ0v) is 10.1. The van der Waals surface area contributed by atoms with Crippen molar-refractivity contribution >= 4 is 17.4 Å². The number of carbonyl (C=O) groups is 1. The number of hydrogen-bond donors (Lipinski definition) is 2. The second kappa shape index (κ2) is 5.35. The van der Waals surface area contributed by atoms with E-state index in [4.69, 9.17) is 5.73 Å². The first-order valence-corrected chi connectivity index (χ1v) is 5.38. The van der Waals surface area contributed by atoms with E-state index in [1.807, 2.05) is 0 Å². The predicted octanol–water partition coefficient (Wildman–Crippen LogP) is 2.61. The van der Waals surface area contributed by atoms with Gasteiger partial charge in [0.15, 0.2) is 23.3 Å². The molecule has 0 saturated carbocycles. The third-order valence-electron chi connectivity index (χ3n) is 2.45. The Kier molecular flexibility index (Phi) is 3.74. The smallest absolute Gasteiger partial charge is 0.274 e. The Morgan fingerprint density at radius 3 is 2.00 bits per heavy atom. The van der Waals surface area contributed by atoms with Gasteiger partial charge >= 0.3 is 0 Å². The summed E-state index contributed by atoms with van der Waals surface area (Å²) < 4.78 is 65.5. The number of nitrogens with two attached hydrogens (primary N) is 1. The first kappa shape index (κ1) is 14.7. The number of nitrogens with zero attached hydrogens (tertiary/aromatic N) is 1. The lowest BCUT2D eigenvalue weighted by Gasteiger charge is -2.09. The SMILES string of the molecule is Nc1cccc(C(=O)Nc2c(F)c(F)c(F)c(F)c2F)n1. The van der Waals surface area contributed by atoms with E-state index in [1.165, 1.54) is 12.1 Å². The lowest BCUT2D eigenvalue weighted by atomic mass is 10.2. The van der Waals surface area contributed by atoms with Crippen LogP contribution in [0, 0.1) is 29.1 Å². The Morgan fingerprint density at radius 1 is 0.952 bits per heavy atom. The number of nitrogens with one attached hydrogen (secondary N) is 1. The number of aromatic nitrogens is 1. The minimum atomic E-state index is -2.31. The number of pyridine rings is 1. The lowest BCUT2D eigenvalue weighted by Crippen LogP contribution is -2.18. The van der Waals surface area contributed by atoms with Crippen molar-refractivity contribution in [2.45, 2.75) is 0 Å². The van der Waals surface area contributed by atoms with Crippen LogP contribution < -0.4 is 11.1 Å². The molecule has 1 heterocycles. The number of anilines is 2. The summed E-state index contributed by atoms with van der Waals surface area (Å²) in [7, 11) is 0. The maximum Gasteiger partial charge on any atom is 0.274 e. The molecule has 1 amide bonds. The monoisotopic (exact) mass is 303 g/mol. The molecule has 0 aliphatic heterocycles. The fourth-order valence-electron chi connectivity index (χ4n) is 1.47. The molecule has 9 heteroatoms. The van der Waals surface area contributed by atoms with E-state index in [9.17, 15) is 26.7 Å². The van der Waals surface area contributed by atoms with Gasteiger partial charge in [-0.15, -0.1) is 0 Å². The van der Waals surface area contributed by atoms with Crippen LogP contribution in [0.4, 0.5) is 33.5 Å². The average molecular weight is 303 g/mol. The van der Waals surface area contributed by atoms with Gasteiger partial charge in [0.25, 0.3) is 5.91 Å². The largest absolute Gasteiger partial charge is 0.384 e. The molecule has 4 nitrogen and oxygen atoms in total. The van der Waals surface area contributed by atoms with Crippen molar-refractivity contribution in [2.24, 2.45) is 0 Å². The number of rotatable bonds is 2. The summed E-state index contributed by atoms with van der Waals surface area (Å²) in [6.45, 7) is 0. The highest BCUT2D eigenvalue weighted by Crippen LogP contribution is 2.27. The average Bonchev–Trinajstić information content (AvgIpc) is 2.47. The molecule has 0 spiro atoms. The Hall–Kier alpha value is -2.71. The molecular formula is C12H6F5N3O. The minimum absolute atomic E-state index is 0.0555. The Labute approximate surface area is 114 Å². The first-order chi connectivity index (χ1) is 9.82. The van der Waals surface area contributed by atoms with Crippen molar-refractivity contribution in [1.29, 1.82) is 0 Å². The molecule has 110 valence electrons. The molecule has 3 N–H and O–H groups in total. The fraction of sp³-hybridized carbons (Fsp3) is 0. The van der Waals surface area contributed by atoms with Gasteiger partial charge in [-0.3, -0.25) is 4.79 Å². The quantitative estimate of drug-likeness (QED) is 0.509. The summed E-state index contributed by atoms with van der Waals surface area (Å²) in [5.41, 5.74) is 3.50. The maximum absolute atomic E-state index is 13.4. The third-order valence-corrected chi connectivity index (χ3v) is 2.45. The van der Waals surface area contributed by atoms with Gasteiger partial charge in [0.2, 0.25) is 5.82 Å². The van der Waals surface area contributed by atoms with E-state index in [2.05, 4.69) is 4.98 Å². The number of carbonyl (C=O) groups excluding carboxylic acids is 1. The molecule has 0 unspecified atom stereocenters. The lowest BCUT2D eigenvalue weighted by molar-refractivity contribution is 0.102. The second-order valence-corrected chi connectivity index (χ2v) is 3.85. The summed E-state index contributed by atoms with van der Waals surface area (Å²) in [5, 5.41) is 1.58. The van der Waals surface area contributed by atoms with Crippen molar-refractivity contribution < 1.29 is 26.7 Å². The molecule has 0 bridgehead atoms. The summed E-state index contributed by atoms with van der Waals surface area (Å²) in [6.07, 6.45) is 0. The van der Waals surface area contributed by atoms with Crippen LogP contribution >= 0.6 is 0 Å². The Morgan fingerprint density at radius 2 is 1.48 bits per heavy atom. The van der Waals surface area contributed by atoms with Crippen LogP contribution in [0.15, 0.2) is 18.2 Å². The van der Waals surface area contributed by atoms with Crippen LogP contribution in [0.1, 0.15) is 10.5 Å². The van der Waals surface area contributed by atoms with E-state index in [-0.39, 0.29) is 11.5 Å². The van der Waals surface area contributed by atoms with Gasteiger partial charge in [0.05, 0.1) is 0 Å². The maximum atomic E-state index is 13.4. The van der Waals surface area contributed by atoms with Gasteiger partial charge in [-0.2, -0.15) is 0 Å². The van der Waals surface area contributed by atoms with Crippen molar-refractivity contribution in [2.75, 3.05) is 11.1 Å². The van der Waals surface area contributed by atoms with Crippen molar-refractivity contribution in [1.82, 2.24) is 4.98 Å². The van der Waals surface area contributed by atoms with E-state index in [0.29, 0.717) is 0 Å². The fourth-order valence-corrected chi connectivity index (χ4v) is 1.47. The summed E-state index contributed by atoms with van der Waals surface area (Å²) in [5.74, 6) is -12.2. The molecule has 0 atom stereocenters. The van der Waals surface area contributed by atoms with Crippen molar-refractivity contribution in [3.05, 3.63) is 53.0 Å². The summed E-state index contributed by atoms with van der Waals surface area (Å²) >= 11 is 0. The highest BCUT2D eigenvalue weighted by molar-refractivity contribution is 6.03. The van der Waals surface area contributed by atoms with Crippen LogP contribution in [-0.4, -0.2) is 10.9 Å². The topological polar surface area (TPSA) is 68.0 Å². The zero-order valence-electron chi connectivity index (χ0n) is 10.1. The van der Waals surface area contributed by atoms with Crippen LogP contribution in [0.2, 0.25) is 0 Å². The standard InChI is InChI=1S/C12H6F5N3O/c13-6-7(14)9(16)11(10(17)8(6)15)20-12(21)4-2-1-3-5(18)19-4/h1-3H,(H2,18,19)(H,20,21). The van der Waals surface area contributed by atoms with Crippen molar-refractivity contribution in [3.63, 3.8) is 0 Å². The highest BCUT2D eigenvalue weighted by Gasteiger charge is 2.27. The second-order valence-electron chi connectivity index (χ2n) is 3.85. The van der Waals surface area contributed by atoms with Crippen molar-refractivity contribution in [3.8, 4) is 0 Å². The number of hydrogen-bond acceptors (Lipinski definition) is 3. The van der Waals surface area contributed by atoms with Gasteiger partial charge in [0, 0.05) is 0 Å².